The predicted octanol–water partition coefficient (Wildman–Crippen LogP) is 0.258. The Kier molecular flexibility index (Phi) is 8.02. The Morgan fingerprint density at radius 2 is 2.05 bits per heavy atom. The fraction of sp³-hybridized carbons (Fsp3) is 0.929. The van der Waals surface area contributed by atoms with Gasteiger partial charge in [-0.25, -0.2) is 0 Å². The van der Waals surface area contributed by atoms with E-state index in [9.17, 15) is 4.79 Å². The van der Waals surface area contributed by atoms with Crippen LogP contribution in [0.25, 0.3) is 0 Å². The fourth-order valence-corrected chi connectivity index (χ4v) is 2.57. The Balaban J connectivity index is 2.34. The van der Waals surface area contributed by atoms with Gasteiger partial charge in [0.15, 0.2) is 0 Å². The van der Waals surface area contributed by atoms with Gasteiger partial charge in [0.2, 0.25) is 5.91 Å². The highest BCUT2D eigenvalue weighted by Gasteiger charge is 2.23. The van der Waals surface area contributed by atoms with Crippen LogP contribution < -0.4 is 11.1 Å². The summed E-state index contributed by atoms with van der Waals surface area (Å²) >= 11 is 0. The quantitative estimate of drug-likeness (QED) is 0.651. The van der Waals surface area contributed by atoms with Crippen molar-refractivity contribution in [3.8, 4) is 0 Å². The van der Waals surface area contributed by atoms with Crippen LogP contribution in [0.3, 0.4) is 0 Å². The third-order valence-electron chi connectivity index (χ3n) is 3.83. The average Bonchev–Trinajstić information content (AvgIpc) is 2.64. The third-order valence-corrected chi connectivity index (χ3v) is 3.83. The zero-order chi connectivity index (χ0) is 14.1. The minimum atomic E-state index is -0.0102. The summed E-state index contributed by atoms with van der Waals surface area (Å²) in [5, 5.41) is 2.91. The van der Waals surface area contributed by atoms with Crippen LogP contribution in [0, 0.1) is 0 Å². The van der Waals surface area contributed by atoms with E-state index in [1.54, 1.807) is 0 Å². The van der Waals surface area contributed by atoms with Gasteiger partial charge in [-0.3, -0.25) is 9.69 Å². The molecule has 0 aromatic carbocycles. The van der Waals surface area contributed by atoms with Gasteiger partial charge in [-0.05, 0) is 52.7 Å². The predicted molar refractivity (Wildman–Crippen MR) is 79.1 cm³/mol. The second-order valence-electron chi connectivity index (χ2n) is 5.30. The molecule has 0 radical (unpaired) electrons. The van der Waals surface area contributed by atoms with E-state index in [2.05, 4.69) is 15.1 Å². The van der Waals surface area contributed by atoms with Gasteiger partial charge in [-0.1, -0.05) is 0 Å². The first-order valence-corrected chi connectivity index (χ1v) is 7.63. The Morgan fingerprint density at radius 1 is 1.26 bits per heavy atom. The molecule has 0 aliphatic carbocycles. The van der Waals surface area contributed by atoms with Crippen molar-refractivity contribution in [1.82, 2.24) is 15.1 Å². The summed E-state index contributed by atoms with van der Waals surface area (Å²) < 4.78 is 0. The molecule has 1 amide bonds. The van der Waals surface area contributed by atoms with Crippen LogP contribution in [-0.2, 0) is 4.79 Å². The number of carbonyl (C=O) groups excluding carboxylic acids is 1. The molecule has 1 aliphatic rings. The maximum atomic E-state index is 11.9. The largest absolute Gasteiger partial charge is 0.355 e. The summed E-state index contributed by atoms with van der Waals surface area (Å²) in [6.07, 6.45) is 3.43. The molecule has 1 heterocycles. The number of hydrogen-bond acceptors (Lipinski definition) is 4. The lowest BCUT2D eigenvalue weighted by atomic mass is 10.2. The van der Waals surface area contributed by atoms with Crippen LogP contribution in [0.15, 0.2) is 0 Å². The fourth-order valence-electron chi connectivity index (χ4n) is 2.57. The molecule has 1 unspecified atom stereocenters. The Morgan fingerprint density at radius 3 is 2.74 bits per heavy atom. The van der Waals surface area contributed by atoms with Gasteiger partial charge < -0.3 is 16.0 Å². The summed E-state index contributed by atoms with van der Waals surface area (Å²) in [6, 6.07) is -0.0102. The van der Waals surface area contributed by atoms with Crippen molar-refractivity contribution in [2.75, 3.05) is 45.8 Å². The lowest BCUT2D eigenvalue weighted by Crippen LogP contribution is -2.46. The number of likely N-dealkylation sites (N-methyl/N-ethyl adjacent to an activating group) is 1. The maximum absolute atomic E-state index is 11.9. The number of nitrogens with zero attached hydrogens (tertiary/aromatic N) is 2. The van der Waals surface area contributed by atoms with Crippen LogP contribution in [0.2, 0.25) is 0 Å². The summed E-state index contributed by atoms with van der Waals surface area (Å²) in [5.74, 6) is 0.152. The van der Waals surface area contributed by atoms with E-state index in [0.717, 1.165) is 52.1 Å². The topological polar surface area (TPSA) is 61.6 Å². The molecule has 1 aliphatic heterocycles. The zero-order valence-corrected chi connectivity index (χ0v) is 12.5. The SMILES string of the molecule is CCNC(=O)C(C)N1CCCN(CCCCN)CC1. The first kappa shape index (κ1) is 16.4. The molecule has 1 rings (SSSR count). The highest BCUT2D eigenvalue weighted by Crippen LogP contribution is 2.08. The first-order valence-electron chi connectivity index (χ1n) is 7.63. The molecule has 1 saturated heterocycles. The number of nitrogens with two attached hydrogens (primary N) is 1. The Hall–Kier alpha value is -0.650. The molecular formula is C14H30N4O. The molecule has 0 aromatic rings. The van der Waals surface area contributed by atoms with Gasteiger partial charge in [0.05, 0.1) is 6.04 Å². The zero-order valence-electron chi connectivity index (χ0n) is 12.5. The molecule has 1 fully saturated rings. The molecule has 112 valence electrons. The van der Waals surface area contributed by atoms with Gasteiger partial charge in [0, 0.05) is 26.2 Å². The van der Waals surface area contributed by atoms with E-state index in [1.165, 1.54) is 6.42 Å². The molecule has 0 spiro atoms. The Labute approximate surface area is 117 Å². The number of carbonyl (C=O) groups is 1. The lowest BCUT2D eigenvalue weighted by molar-refractivity contribution is -0.125. The Bertz CT molecular complexity index is 260. The van der Waals surface area contributed by atoms with Crippen molar-refractivity contribution in [3.05, 3.63) is 0 Å². The molecule has 5 nitrogen and oxygen atoms in total. The van der Waals surface area contributed by atoms with Gasteiger partial charge in [0.1, 0.15) is 0 Å². The van der Waals surface area contributed by atoms with Crippen molar-refractivity contribution in [2.45, 2.75) is 39.2 Å². The van der Waals surface area contributed by atoms with Crippen LogP contribution in [0.5, 0.6) is 0 Å². The number of unbranched alkanes of at least 4 members (excludes halogenated alkanes) is 1. The molecule has 0 bridgehead atoms. The van der Waals surface area contributed by atoms with Gasteiger partial charge in [-0.2, -0.15) is 0 Å². The standard InChI is InChI=1S/C14H30N4O/c1-3-16-14(19)13(2)18-10-6-9-17(11-12-18)8-5-4-7-15/h13H,3-12,15H2,1-2H3,(H,16,19). The molecule has 5 heteroatoms. The van der Waals surface area contributed by atoms with Gasteiger partial charge >= 0.3 is 0 Å². The normalized spacial score (nSPS) is 19.9. The summed E-state index contributed by atoms with van der Waals surface area (Å²) in [4.78, 5) is 16.7. The van der Waals surface area contributed by atoms with E-state index in [-0.39, 0.29) is 11.9 Å². The second kappa shape index (κ2) is 9.28. The molecule has 0 saturated carbocycles. The van der Waals surface area contributed by atoms with E-state index in [1.807, 2.05) is 13.8 Å². The summed E-state index contributed by atoms with van der Waals surface area (Å²) in [7, 11) is 0. The third kappa shape index (κ3) is 5.89. The molecule has 1 atom stereocenters. The maximum Gasteiger partial charge on any atom is 0.237 e. The highest BCUT2D eigenvalue weighted by molar-refractivity contribution is 5.81. The molecule has 0 aromatic heterocycles. The van der Waals surface area contributed by atoms with Crippen molar-refractivity contribution in [3.63, 3.8) is 0 Å². The van der Waals surface area contributed by atoms with E-state index >= 15 is 0 Å². The number of nitrogens with one attached hydrogen (secondary N) is 1. The van der Waals surface area contributed by atoms with E-state index < -0.39 is 0 Å². The van der Waals surface area contributed by atoms with Gasteiger partial charge in [0.25, 0.3) is 0 Å². The smallest absolute Gasteiger partial charge is 0.237 e. The molecule has 19 heavy (non-hydrogen) atoms. The lowest BCUT2D eigenvalue weighted by Gasteiger charge is -2.26. The number of rotatable bonds is 7. The van der Waals surface area contributed by atoms with Crippen LogP contribution >= 0.6 is 0 Å². The van der Waals surface area contributed by atoms with Crippen LogP contribution in [0.1, 0.15) is 33.1 Å². The van der Waals surface area contributed by atoms with Crippen molar-refractivity contribution >= 4 is 5.91 Å². The number of hydrogen-bond donors (Lipinski definition) is 2. The first-order chi connectivity index (χ1) is 9.19. The van der Waals surface area contributed by atoms with E-state index in [0.29, 0.717) is 6.54 Å². The molecule has 3 N–H and O–H groups in total. The monoisotopic (exact) mass is 270 g/mol. The molecular weight excluding hydrogens is 240 g/mol. The minimum absolute atomic E-state index is 0.0102. The summed E-state index contributed by atoms with van der Waals surface area (Å²) in [5.41, 5.74) is 5.53. The average molecular weight is 270 g/mol. The van der Waals surface area contributed by atoms with Gasteiger partial charge in [-0.15, -0.1) is 0 Å². The van der Waals surface area contributed by atoms with Crippen LogP contribution in [-0.4, -0.2) is 67.6 Å². The van der Waals surface area contributed by atoms with Crippen molar-refractivity contribution in [2.24, 2.45) is 5.73 Å². The van der Waals surface area contributed by atoms with E-state index in [4.69, 9.17) is 5.73 Å². The highest BCUT2D eigenvalue weighted by atomic mass is 16.2. The minimum Gasteiger partial charge on any atom is -0.355 e. The second-order valence-corrected chi connectivity index (χ2v) is 5.30. The number of amides is 1. The van der Waals surface area contributed by atoms with Crippen molar-refractivity contribution < 1.29 is 4.79 Å². The van der Waals surface area contributed by atoms with Crippen molar-refractivity contribution in [1.29, 1.82) is 0 Å². The summed E-state index contributed by atoms with van der Waals surface area (Å²) in [6.45, 7) is 10.8. The van der Waals surface area contributed by atoms with Crippen LogP contribution in [0.4, 0.5) is 0 Å².